The SMILES string of the molecule is CN(C)c1ncn(-c2cccc(NCc3nccn3-c3ccccc3)c2)n1. The Kier molecular flexibility index (Phi) is 4.57. The third-order valence-corrected chi connectivity index (χ3v) is 4.19. The van der Waals surface area contributed by atoms with Crippen LogP contribution in [0.25, 0.3) is 11.4 Å². The number of nitrogens with zero attached hydrogens (tertiary/aromatic N) is 6. The summed E-state index contributed by atoms with van der Waals surface area (Å²) in [7, 11) is 3.85. The molecule has 0 aliphatic rings. The lowest BCUT2D eigenvalue weighted by molar-refractivity contribution is 0.864. The second-order valence-electron chi connectivity index (χ2n) is 6.34. The summed E-state index contributed by atoms with van der Waals surface area (Å²) in [6.45, 7) is 0.617. The largest absolute Gasteiger partial charge is 0.378 e. The molecule has 4 aromatic rings. The molecule has 0 bridgehead atoms. The van der Waals surface area contributed by atoms with Gasteiger partial charge in [0.2, 0.25) is 5.95 Å². The van der Waals surface area contributed by atoms with Crippen LogP contribution in [0.2, 0.25) is 0 Å². The summed E-state index contributed by atoms with van der Waals surface area (Å²) in [5.41, 5.74) is 3.04. The van der Waals surface area contributed by atoms with E-state index in [0.29, 0.717) is 12.5 Å². The lowest BCUT2D eigenvalue weighted by atomic mass is 10.2. The normalized spacial score (nSPS) is 10.7. The molecule has 27 heavy (non-hydrogen) atoms. The van der Waals surface area contributed by atoms with Gasteiger partial charge in [0.15, 0.2) is 0 Å². The summed E-state index contributed by atoms with van der Waals surface area (Å²) in [4.78, 5) is 10.7. The summed E-state index contributed by atoms with van der Waals surface area (Å²) >= 11 is 0. The van der Waals surface area contributed by atoms with Crippen LogP contribution in [0, 0.1) is 0 Å². The first-order valence-corrected chi connectivity index (χ1v) is 8.71. The van der Waals surface area contributed by atoms with Crippen molar-refractivity contribution < 1.29 is 0 Å². The van der Waals surface area contributed by atoms with Crippen LogP contribution in [0.3, 0.4) is 0 Å². The molecule has 4 rings (SSSR count). The van der Waals surface area contributed by atoms with E-state index < -0.39 is 0 Å². The molecule has 136 valence electrons. The molecule has 0 unspecified atom stereocenters. The van der Waals surface area contributed by atoms with Gasteiger partial charge >= 0.3 is 0 Å². The molecule has 0 saturated heterocycles. The summed E-state index contributed by atoms with van der Waals surface area (Å²) in [5.74, 6) is 1.63. The first kappa shape index (κ1) is 16.8. The van der Waals surface area contributed by atoms with Gasteiger partial charge in [0, 0.05) is 37.9 Å². The van der Waals surface area contributed by atoms with Crippen LogP contribution in [0.15, 0.2) is 73.3 Å². The maximum atomic E-state index is 4.48. The zero-order valence-corrected chi connectivity index (χ0v) is 15.3. The fourth-order valence-electron chi connectivity index (χ4n) is 2.81. The second kappa shape index (κ2) is 7.33. The van der Waals surface area contributed by atoms with E-state index in [9.17, 15) is 0 Å². The van der Waals surface area contributed by atoms with Crippen molar-refractivity contribution in [3.8, 4) is 11.4 Å². The van der Waals surface area contributed by atoms with Crippen LogP contribution in [0.4, 0.5) is 11.6 Å². The van der Waals surface area contributed by atoms with E-state index in [1.165, 1.54) is 0 Å². The molecule has 0 saturated carbocycles. The Morgan fingerprint density at radius 1 is 0.963 bits per heavy atom. The summed E-state index contributed by atoms with van der Waals surface area (Å²) in [6, 6.07) is 18.3. The van der Waals surface area contributed by atoms with Gasteiger partial charge < -0.3 is 14.8 Å². The maximum Gasteiger partial charge on any atom is 0.244 e. The van der Waals surface area contributed by atoms with Crippen molar-refractivity contribution in [3.05, 3.63) is 79.1 Å². The third-order valence-electron chi connectivity index (χ3n) is 4.19. The molecule has 0 aliphatic heterocycles. The van der Waals surface area contributed by atoms with Gasteiger partial charge in [-0.05, 0) is 30.3 Å². The fourth-order valence-corrected chi connectivity index (χ4v) is 2.81. The van der Waals surface area contributed by atoms with Gasteiger partial charge in [-0.1, -0.05) is 24.3 Å². The Hall–Kier alpha value is -3.61. The van der Waals surface area contributed by atoms with Gasteiger partial charge in [0.25, 0.3) is 0 Å². The third kappa shape index (κ3) is 3.67. The number of nitrogens with one attached hydrogen (secondary N) is 1. The molecule has 0 radical (unpaired) electrons. The molecular weight excluding hydrogens is 338 g/mol. The Morgan fingerprint density at radius 3 is 2.56 bits per heavy atom. The maximum absolute atomic E-state index is 4.48. The van der Waals surface area contributed by atoms with Crippen molar-refractivity contribution in [2.45, 2.75) is 6.54 Å². The number of imidazole rings is 1. The highest BCUT2D eigenvalue weighted by Crippen LogP contribution is 2.17. The number of para-hydroxylation sites is 1. The number of benzene rings is 2. The van der Waals surface area contributed by atoms with E-state index in [2.05, 4.69) is 37.1 Å². The van der Waals surface area contributed by atoms with Gasteiger partial charge in [-0.15, -0.1) is 5.10 Å². The standard InChI is InChI=1S/C20H21N7/c1-25(2)20-23-15-27(24-20)18-10-6-7-16(13-18)22-14-19-21-11-12-26(19)17-8-4-3-5-9-17/h3-13,15,22H,14H2,1-2H3. The predicted molar refractivity (Wildman–Crippen MR) is 107 cm³/mol. The minimum atomic E-state index is 0.617. The highest BCUT2D eigenvalue weighted by atomic mass is 15.4. The smallest absolute Gasteiger partial charge is 0.244 e. The van der Waals surface area contributed by atoms with Crippen molar-refractivity contribution >= 4 is 11.6 Å². The van der Waals surface area contributed by atoms with Crippen molar-refractivity contribution in [2.75, 3.05) is 24.3 Å². The average molecular weight is 359 g/mol. The van der Waals surface area contributed by atoms with Crippen molar-refractivity contribution in [2.24, 2.45) is 0 Å². The van der Waals surface area contributed by atoms with E-state index >= 15 is 0 Å². The van der Waals surface area contributed by atoms with Crippen LogP contribution in [0.5, 0.6) is 0 Å². The minimum absolute atomic E-state index is 0.617. The van der Waals surface area contributed by atoms with E-state index in [1.54, 1.807) is 11.0 Å². The quantitative estimate of drug-likeness (QED) is 0.573. The molecule has 0 atom stereocenters. The van der Waals surface area contributed by atoms with Crippen LogP contribution in [-0.2, 0) is 6.54 Å². The van der Waals surface area contributed by atoms with E-state index in [4.69, 9.17) is 0 Å². The second-order valence-corrected chi connectivity index (χ2v) is 6.34. The van der Waals surface area contributed by atoms with Crippen LogP contribution < -0.4 is 10.2 Å². The minimum Gasteiger partial charge on any atom is -0.378 e. The Labute approximate surface area is 157 Å². The number of rotatable bonds is 6. The lowest BCUT2D eigenvalue weighted by Gasteiger charge is -2.11. The number of aromatic nitrogens is 5. The predicted octanol–water partition coefficient (Wildman–Crippen LogP) is 3.13. The van der Waals surface area contributed by atoms with Gasteiger partial charge in [-0.3, -0.25) is 0 Å². The lowest BCUT2D eigenvalue weighted by Crippen LogP contribution is -2.11. The monoisotopic (exact) mass is 359 g/mol. The Balaban J connectivity index is 1.51. The van der Waals surface area contributed by atoms with E-state index in [1.807, 2.05) is 73.9 Å². The fraction of sp³-hybridized carbons (Fsp3) is 0.150. The zero-order chi connectivity index (χ0) is 18.6. The molecular formula is C20H21N7. The highest BCUT2D eigenvalue weighted by molar-refractivity contribution is 5.51. The van der Waals surface area contributed by atoms with Crippen molar-refractivity contribution in [1.82, 2.24) is 24.3 Å². The van der Waals surface area contributed by atoms with Crippen LogP contribution in [-0.4, -0.2) is 38.4 Å². The molecule has 2 aromatic heterocycles. The number of hydrogen-bond donors (Lipinski definition) is 1. The van der Waals surface area contributed by atoms with Gasteiger partial charge in [0.1, 0.15) is 12.2 Å². The highest BCUT2D eigenvalue weighted by Gasteiger charge is 2.07. The average Bonchev–Trinajstić information content (AvgIpc) is 3.37. The van der Waals surface area contributed by atoms with Crippen molar-refractivity contribution in [1.29, 1.82) is 0 Å². The van der Waals surface area contributed by atoms with Gasteiger partial charge in [0.05, 0.1) is 12.2 Å². The summed E-state index contributed by atoms with van der Waals surface area (Å²) < 4.78 is 3.85. The molecule has 7 heteroatoms. The zero-order valence-electron chi connectivity index (χ0n) is 15.3. The summed E-state index contributed by atoms with van der Waals surface area (Å²) in [6.07, 6.45) is 5.51. The molecule has 2 heterocycles. The van der Waals surface area contributed by atoms with E-state index in [-0.39, 0.29) is 0 Å². The molecule has 0 fully saturated rings. The first-order chi connectivity index (χ1) is 13.2. The van der Waals surface area contributed by atoms with E-state index in [0.717, 1.165) is 22.9 Å². The topological polar surface area (TPSA) is 63.8 Å². The Bertz CT molecular complexity index is 1020. The number of hydrogen-bond acceptors (Lipinski definition) is 5. The molecule has 0 spiro atoms. The van der Waals surface area contributed by atoms with Gasteiger partial charge in [-0.2, -0.15) is 4.98 Å². The molecule has 0 amide bonds. The molecule has 2 aromatic carbocycles. The van der Waals surface area contributed by atoms with Crippen molar-refractivity contribution in [3.63, 3.8) is 0 Å². The summed E-state index contributed by atoms with van der Waals surface area (Å²) in [5, 5.41) is 7.91. The Morgan fingerprint density at radius 2 is 1.78 bits per heavy atom. The first-order valence-electron chi connectivity index (χ1n) is 8.71. The number of anilines is 2. The van der Waals surface area contributed by atoms with Crippen LogP contribution in [0.1, 0.15) is 5.82 Å². The molecule has 0 aliphatic carbocycles. The van der Waals surface area contributed by atoms with Crippen LogP contribution >= 0.6 is 0 Å². The van der Waals surface area contributed by atoms with Gasteiger partial charge in [-0.25, -0.2) is 9.67 Å². The molecule has 1 N–H and O–H groups in total. The molecule has 7 nitrogen and oxygen atoms in total.